The molecule has 1 aromatic rings. The van der Waals surface area contributed by atoms with Crippen LogP contribution in [-0.4, -0.2) is 18.6 Å². The van der Waals surface area contributed by atoms with Crippen LogP contribution < -0.4 is 10.1 Å². The van der Waals surface area contributed by atoms with E-state index in [9.17, 15) is 4.79 Å². The molecule has 110 valence electrons. The molecule has 1 unspecified atom stereocenters. The van der Waals surface area contributed by atoms with Crippen LogP contribution in [0, 0.1) is 5.92 Å². The third-order valence-corrected chi connectivity index (χ3v) is 5.13. The number of rotatable bonds is 4. The van der Waals surface area contributed by atoms with Gasteiger partial charge in [-0.25, -0.2) is 0 Å². The Morgan fingerprint density at radius 3 is 2.60 bits per heavy atom. The average molecular weight is 405 g/mol. The standard InChI is InChI=1S/C15H19Br2NO2/c1-9(2)15(5-4-13(19)18-15)8-10-6-11(16)7-12(17)14(10)20-3/h6-7,9H,4-5,8H2,1-3H3,(H,18,19). The van der Waals surface area contributed by atoms with Gasteiger partial charge in [-0.1, -0.05) is 29.8 Å². The van der Waals surface area contributed by atoms with Crippen LogP contribution in [0.5, 0.6) is 5.75 Å². The second-order valence-electron chi connectivity index (χ2n) is 5.62. The Bertz CT molecular complexity index is 531. The van der Waals surface area contributed by atoms with Crippen LogP contribution in [0.15, 0.2) is 21.1 Å². The molecule has 1 aliphatic rings. The third kappa shape index (κ3) is 3.03. The molecule has 0 aliphatic carbocycles. The molecule has 1 atom stereocenters. The van der Waals surface area contributed by atoms with Gasteiger partial charge in [0.25, 0.3) is 0 Å². The fraction of sp³-hybridized carbons (Fsp3) is 0.533. The van der Waals surface area contributed by atoms with E-state index in [0.29, 0.717) is 12.3 Å². The maximum atomic E-state index is 11.7. The number of amides is 1. The van der Waals surface area contributed by atoms with Crippen molar-refractivity contribution in [2.24, 2.45) is 5.92 Å². The molecule has 0 radical (unpaired) electrons. The first-order valence-electron chi connectivity index (χ1n) is 6.71. The first-order valence-corrected chi connectivity index (χ1v) is 8.29. The molecule has 0 saturated carbocycles. The third-order valence-electron chi connectivity index (χ3n) is 4.09. The lowest BCUT2D eigenvalue weighted by Gasteiger charge is -2.34. The largest absolute Gasteiger partial charge is 0.495 e. The van der Waals surface area contributed by atoms with Gasteiger partial charge in [-0.2, -0.15) is 0 Å². The highest BCUT2D eigenvalue weighted by Crippen LogP contribution is 2.38. The molecule has 0 bridgehead atoms. The summed E-state index contributed by atoms with van der Waals surface area (Å²) in [6.07, 6.45) is 2.25. The highest BCUT2D eigenvalue weighted by atomic mass is 79.9. The Balaban J connectivity index is 2.39. The van der Waals surface area contributed by atoms with Crippen LogP contribution in [0.2, 0.25) is 0 Å². The van der Waals surface area contributed by atoms with Crippen molar-refractivity contribution in [3.63, 3.8) is 0 Å². The van der Waals surface area contributed by atoms with E-state index in [1.807, 2.05) is 6.07 Å². The summed E-state index contributed by atoms with van der Waals surface area (Å²) in [5, 5.41) is 3.18. The lowest BCUT2D eigenvalue weighted by atomic mass is 9.79. The molecule has 5 heteroatoms. The zero-order valence-corrected chi connectivity index (χ0v) is 15.1. The normalized spacial score (nSPS) is 22.2. The van der Waals surface area contributed by atoms with Gasteiger partial charge in [0.05, 0.1) is 11.6 Å². The van der Waals surface area contributed by atoms with Crippen molar-refractivity contribution in [1.29, 1.82) is 0 Å². The number of hydrogen-bond acceptors (Lipinski definition) is 2. The summed E-state index contributed by atoms with van der Waals surface area (Å²) < 4.78 is 7.44. The van der Waals surface area contributed by atoms with Crippen LogP contribution in [0.3, 0.4) is 0 Å². The Hall–Kier alpha value is -0.550. The van der Waals surface area contributed by atoms with E-state index in [4.69, 9.17) is 4.74 Å². The first-order chi connectivity index (χ1) is 9.38. The Kier molecular flexibility index (Phi) is 4.80. The van der Waals surface area contributed by atoms with Gasteiger partial charge in [-0.3, -0.25) is 4.79 Å². The van der Waals surface area contributed by atoms with Crippen molar-refractivity contribution in [3.8, 4) is 5.75 Å². The number of ether oxygens (including phenoxy) is 1. The van der Waals surface area contributed by atoms with E-state index < -0.39 is 0 Å². The molecule has 0 aromatic heterocycles. The molecule has 3 nitrogen and oxygen atoms in total. The minimum atomic E-state index is -0.176. The molecule has 1 saturated heterocycles. The Labute approximate surface area is 136 Å². The van der Waals surface area contributed by atoms with Gasteiger partial charge in [0.15, 0.2) is 0 Å². The number of carbonyl (C=O) groups excluding carboxylic acids is 1. The zero-order valence-electron chi connectivity index (χ0n) is 11.9. The lowest BCUT2D eigenvalue weighted by molar-refractivity contribution is -0.120. The highest BCUT2D eigenvalue weighted by Gasteiger charge is 2.41. The quantitative estimate of drug-likeness (QED) is 0.821. The molecular weight excluding hydrogens is 386 g/mol. The summed E-state index contributed by atoms with van der Waals surface area (Å²) in [5.41, 5.74) is 0.926. The number of nitrogens with one attached hydrogen (secondary N) is 1. The van der Waals surface area contributed by atoms with Gasteiger partial charge < -0.3 is 10.1 Å². The van der Waals surface area contributed by atoms with E-state index in [-0.39, 0.29) is 11.4 Å². The average Bonchev–Trinajstić information content (AvgIpc) is 2.71. The lowest BCUT2D eigenvalue weighted by Crippen LogP contribution is -2.48. The summed E-state index contributed by atoms with van der Waals surface area (Å²) in [6, 6.07) is 4.04. The van der Waals surface area contributed by atoms with Gasteiger partial charge >= 0.3 is 0 Å². The smallest absolute Gasteiger partial charge is 0.220 e. The second kappa shape index (κ2) is 6.06. The molecule has 20 heavy (non-hydrogen) atoms. The van der Waals surface area contributed by atoms with Crippen molar-refractivity contribution in [1.82, 2.24) is 5.32 Å². The minimum absolute atomic E-state index is 0.145. The van der Waals surface area contributed by atoms with E-state index in [1.54, 1.807) is 7.11 Å². The topological polar surface area (TPSA) is 38.3 Å². The molecule has 1 heterocycles. The molecule has 1 amide bonds. The SMILES string of the molecule is COc1c(Br)cc(Br)cc1CC1(C(C)C)CCC(=O)N1. The predicted molar refractivity (Wildman–Crippen MR) is 87.0 cm³/mol. The molecule has 1 aliphatic heterocycles. The van der Waals surface area contributed by atoms with Crippen LogP contribution >= 0.6 is 31.9 Å². The number of methoxy groups -OCH3 is 1. The Morgan fingerprint density at radius 1 is 1.40 bits per heavy atom. The van der Waals surface area contributed by atoms with Gasteiger partial charge in [0.1, 0.15) is 5.75 Å². The number of carbonyl (C=O) groups is 1. The molecule has 1 aromatic carbocycles. The van der Waals surface area contributed by atoms with Gasteiger partial charge in [-0.05, 0) is 52.4 Å². The van der Waals surface area contributed by atoms with Gasteiger partial charge in [0.2, 0.25) is 5.91 Å². The molecule has 0 spiro atoms. The fourth-order valence-electron chi connectivity index (χ4n) is 2.82. The van der Waals surface area contributed by atoms with E-state index in [1.165, 1.54) is 0 Å². The molecular formula is C15H19Br2NO2. The monoisotopic (exact) mass is 403 g/mol. The van der Waals surface area contributed by atoms with Crippen molar-refractivity contribution in [3.05, 3.63) is 26.6 Å². The summed E-state index contributed by atoms with van der Waals surface area (Å²) in [5.74, 6) is 1.36. The van der Waals surface area contributed by atoms with E-state index >= 15 is 0 Å². The highest BCUT2D eigenvalue weighted by molar-refractivity contribution is 9.11. The number of hydrogen-bond donors (Lipinski definition) is 1. The minimum Gasteiger partial charge on any atom is -0.495 e. The van der Waals surface area contributed by atoms with Crippen molar-refractivity contribution in [2.45, 2.75) is 38.6 Å². The summed E-state index contributed by atoms with van der Waals surface area (Å²) in [6.45, 7) is 4.32. The maximum Gasteiger partial charge on any atom is 0.220 e. The zero-order chi connectivity index (χ0) is 14.9. The predicted octanol–water partition coefficient (Wildman–Crippen LogP) is 4.07. The second-order valence-corrected chi connectivity index (χ2v) is 7.39. The fourth-order valence-corrected chi connectivity index (χ4v) is 4.30. The molecule has 1 N–H and O–H groups in total. The Morgan fingerprint density at radius 2 is 2.10 bits per heavy atom. The maximum absolute atomic E-state index is 11.7. The van der Waals surface area contributed by atoms with Crippen LogP contribution in [0.4, 0.5) is 0 Å². The van der Waals surface area contributed by atoms with Crippen LogP contribution in [-0.2, 0) is 11.2 Å². The summed E-state index contributed by atoms with van der Waals surface area (Å²) >= 11 is 7.05. The van der Waals surface area contributed by atoms with E-state index in [0.717, 1.165) is 33.1 Å². The first kappa shape index (κ1) is 15.8. The molecule has 1 fully saturated rings. The van der Waals surface area contributed by atoms with Crippen LogP contribution in [0.1, 0.15) is 32.3 Å². The van der Waals surface area contributed by atoms with E-state index in [2.05, 4.69) is 57.1 Å². The van der Waals surface area contributed by atoms with Crippen molar-refractivity contribution >= 4 is 37.8 Å². The summed E-state index contributed by atoms with van der Waals surface area (Å²) in [7, 11) is 1.67. The number of halogens is 2. The number of benzene rings is 1. The van der Waals surface area contributed by atoms with Gasteiger partial charge in [-0.15, -0.1) is 0 Å². The van der Waals surface area contributed by atoms with Crippen molar-refractivity contribution < 1.29 is 9.53 Å². The summed E-state index contributed by atoms with van der Waals surface area (Å²) in [4.78, 5) is 11.7. The van der Waals surface area contributed by atoms with Gasteiger partial charge in [0, 0.05) is 16.4 Å². The van der Waals surface area contributed by atoms with Crippen molar-refractivity contribution in [2.75, 3.05) is 7.11 Å². The van der Waals surface area contributed by atoms with Crippen LogP contribution in [0.25, 0.3) is 0 Å². The molecule has 2 rings (SSSR count).